The molecule has 25 heavy (non-hydrogen) atoms. The van der Waals surface area contributed by atoms with E-state index in [0.717, 1.165) is 11.1 Å². The first-order chi connectivity index (χ1) is 12.1. The molecule has 1 unspecified atom stereocenters. The van der Waals surface area contributed by atoms with Gasteiger partial charge in [-0.3, -0.25) is 9.78 Å². The zero-order valence-electron chi connectivity index (χ0n) is 14.5. The fourth-order valence-electron chi connectivity index (χ4n) is 3.20. The van der Waals surface area contributed by atoms with Gasteiger partial charge in [-0.2, -0.15) is 0 Å². The van der Waals surface area contributed by atoms with Gasteiger partial charge in [-0.15, -0.1) is 0 Å². The van der Waals surface area contributed by atoms with Gasteiger partial charge in [0.05, 0.1) is 6.04 Å². The number of cyclic esters (lactones) is 1. The van der Waals surface area contributed by atoms with Crippen LogP contribution in [0.2, 0.25) is 0 Å². The first-order valence-electron chi connectivity index (χ1n) is 8.51. The molecule has 1 aromatic heterocycles. The fourth-order valence-corrected chi connectivity index (χ4v) is 3.20. The van der Waals surface area contributed by atoms with E-state index in [4.69, 9.17) is 4.74 Å². The lowest BCUT2D eigenvalue weighted by atomic mass is 9.88. The minimum atomic E-state index is -0.537. The molecular weight excluding hydrogens is 316 g/mol. The Bertz CT molecular complexity index is 692. The van der Waals surface area contributed by atoms with Crippen LogP contribution in [0.4, 0.5) is 4.79 Å². The van der Waals surface area contributed by atoms with Crippen LogP contribution in [0.15, 0.2) is 54.9 Å². The summed E-state index contributed by atoms with van der Waals surface area (Å²) in [6, 6.07) is 13.5. The highest BCUT2D eigenvalue weighted by Gasteiger charge is 2.40. The Morgan fingerprint density at radius 2 is 1.80 bits per heavy atom. The second kappa shape index (κ2) is 7.47. The summed E-state index contributed by atoms with van der Waals surface area (Å²) in [4.78, 5) is 30.3. The molecular formula is C20H22N2O3. The topological polar surface area (TPSA) is 59.5 Å². The maximum atomic E-state index is 12.9. The number of carbonyl (C=O) groups excluding carboxylic acids is 2. The van der Waals surface area contributed by atoms with Gasteiger partial charge < -0.3 is 4.74 Å². The molecule has 0 radical (unpaired) electrons. The smallest absolute Gasteiger partial charge is 0.416 e. The third kappa shape index (κ3) is 3.71. The van der Waals surface area contributed by atoms with Gasteiger partial charge in [-0.1, -0.05) is 44.2 Å². The molecule has 0 saturated carbocycles. The molecule has 0 spiro atoms. The Hall–Kier alpha value is -2.69. The van der Waals surface area contributed by atoms with Gasteiger partial charge in [0.25, 0.3) is 0 Å². The van der Waals surface area contributed by atoms with Gasteiger partial charge in [0.1, 0.15) is 6.61 Å². The Morgan fingerprint density at radius 3 is 2.44 bits per heavy atom. The molecule has 0 aliphatic carbocycles. The minimum Gasteiger partial charge on any atom is -0.447 e. The van der Waals surface area contributed by atoms with Crippen molar-refractivity contribution in [2.24, 2.45) is 5.92 Å². The number of imide groups is 1. The molecule has 3 rings (SSSR count). The molecule has 1 aliphatic heterocycles. The van der Waals surface area contributed by atoms with Crippen LogP contribution in [0.1, 0.15) is 37.3 Å². The van der Waals surface area contributed by atoms with E-state index in [1.165, 1.54) is 4.90 Å². The highest BCUT2D eigenvalue weighted by Crippen LogP contribution is 2.30. The maximum absolute atomic E-state index is 12.9. The predicted molar refractivity (Wildman–Crippen MR) is 94.0 cm³/mol. The number of hydrogen-bond acceptors (Lipinski definition) is 4. The summed E-state index contributed by atoms with van der Waals surface area (Å²) in [5.74, 6) is -0.170. The highest BCUT2D eigenvalue weighted by atomic mass is 16.6. The van der Waals surface area contributed by atoms with Gasteiger partial charge in [0.15, 0.2) is 0 Å². The molecule has 2 amide bonds. The Labute approximate surface area is 147 Å². The summed E-state index contributed by atoms with van der Waals surface area (Å²) in [5, 5.41) is 0. The molecule has 1 aromatic carbocycles. The highest BCUT2D eigenvalue weighted by molar-refractivity contribution is 5.94. The van der Waals surface area contributed by atoms with Crippen molar-refractivity contribution >= 4 is 12.0 Å². The van der Waals surface area contributed by atoms with Crippen LogP contribution >= 0.6 is 0 Å². The van der Waals surface area contributed by atoms with E-state index in [1.54, 1.807) is 12.4 Å². The predicted octanol–water partition coefficient (Wildman–Crippen LogP) is 3.61. The zero-order valence-corrected chi connectivity index (χ0v) is 14.5. The number of ether oxygens (including phenoxy) is 1. The standard InChI is InChI=1S/C20H22N2O3/c1-14(2)18-13-25-20(24)22(18)19(23)12-17(15-6-4-3-5-7-15)16-8-10-21-11-9-16/h3-11,14,17-18H,12-13H2,1-2H3/t17?,18-/m1/s1. The van der Waals surface area contributed by atoms with Crippen LogP contribution < -0.4 is 0 Å². The van der Waals surface area contributed by atoms with Crippen molar-refractivity contribution < 1.29 is 14.3 Å². The van der Waals surface area contributed by atoms with Crippen molar-refractivity contribution in [1.82, 2.24) is 9.88 Å². The van der Waals surface area contributed by atoms with Crippen LogP contribution in [0, 0.1) is 5.92 Å². The molecule has 2 atom stereocenters. The lowest BCUT2D eigenvalue weighted by Gasteiger charge is -2.25. The lowest BCUT2D eigenvalue weighted by Crippen LogP contribution is -2.42. The third-order valence-corrected chi connectivity index (χ3v) is 4.63. The quantitative estimate of drug-likeness (QED) is 0.836. The summed E-state index contributed by atoms with van der Waals surface area (Å²) in [7, 11) is 0. The van der Waals surface area contributed by atoms with Crippen molar-refractivity contribution in [3.8, 4) is 0 Å². The molecule has 2 heterocycles. The van der Waals surface area contributed by atoms with Gasteiger partial charge in [0.2, 0.25) is 5.91 Å². The van der Waals surface area contributed by atoms with Gasteiger partial charge in [-0.25, -0.2) is 9.69 Å². The molecule has 0 N–H and O–H groups in total. The van der Waals surface area contributed by atoms with Crippen molar-refractivity contribution in [3.63, 3.8) is 0 Å². The largest absolute Gasteiger partial charge is 0.447 e. The SMILES string of the molecule is CC(C)[C@H]1COC(=O)N1C(=O)CC(c1ccccc1)c1ccncc1. The third-order valence-electron chi connectivity index (χ3n) is 4.63. The van der Waals surface area contributed by atoms with Gasteiger partial charge in [-0.05, 0) is 29.2 Å². The Kier molecular flexibility index (Phi) is 5.12. The molecule has 1 saturated heterocycles. The summed E-state index contributed by atoms with van der Waals surface area (Å²) < 4.78 is 5.11. The molecule has 1 aliphatic rings. The first-order valence-corrected chi connectivity index (χ1v) is 8.51. The number of rotatable bonds is 5. The number of nitrogens with zero attached hydrogens (tertiary/aromatic N) is 2. The molecule has 1 fully saturated rings. The summed E-state index contributed by atoms with van der Waals surface area (Å²) in [6.45, 7) is 4.25. The van der Waals surface area contributed by atoms with E-state index in [-0.39, 0.29) is 36.8 Å². The fraction of sp³-hybridized carbons (Fsp3) is 0.350. The van der Waals surface area contributed by atoms with Crippen LogP contribution in [0.3, 0.4) is 0 Å². The van der Waals surface area contributed by atoms with Gasteiger partial charge in [0, 0.05) is 24.7 Å². The van der Waals surface area contributed by atoms with E-state index in [9.17, 15) is 9.59 Å². The lowest BCUT2D eigenvalue weighted by molar-refractivity contribution is -0.130. The zero-order chi connectivity index (χ0) is 17.8. The first kappa shape index (κ1) is 17.1. The van der Waals surface area contributed by atoms with E-state index < -0.39 is 6.09 Å². The Morgan fingerprint density at radius 1 is 1.16 bits per heavy atom. The van der Waals surface area contributed by atoms with E-state index in [0.29, 0.717) is 0 Å². The van der Waals surface area contributed by atoms with Gasteiger partial charge >= 0.3 is 6.09 Å². The number of amides is 2. The number of carbonyl (C=O) groups is 2. The van der Waals surface area contributed by atoms with Crippen molar-refractivity contribution in [3.05, 3.63) is 66.0 Å². The number of aromatic nitrogens is 1. The number of hydrogen-bond donors (Lipinski definition) is 0. The van der Waals surface area contributed by atoms with E-state index in [2.05, 4.69) is 4.98 Å². The summed E-state index contributed by atoms with van der Waals surface area (Å²) >= 11 is 0. The minimum absolute atomic E-state index is 0.127. The van der Waals surface area contributed by atoms with Crippen LogP contribution in [-0.2, 0) is 9.53 Å². The van der Waals surface area contributed by atoms with Crippen LogP contribution in [-0.4, -0.2) is 34.5 Å². The van der Waals surface area contributed by atoms with E-state index >= 15 is 0 Å². The van der Waals surface area contributed by atoms with Crippen molar-refractivity contribution in [2.45, 2.75) is 32.2 Å². The van der Waals surface area contributed by atoms with Crippen LogP contribution in [0.25, 0.3) is 0 Å². The molecule has 0 bridgehead atoms. The molecule has 130 valence electrons. The summed E-state index contributed by atoms with van der Waals surface area (Å²) in [5.41, 5.74) is 2.04. The van der Waals surface area contributed by atoms with Crippen molar-refractivity contribution in [1.29, 1.82) is 0 Å². The normalized spacial score (nSPS) is 18.3. The van der Waals surface area contributed by atoms with E-state index in [1.807, 2.05) is 56.3 Å². The second-order valence-corrected chi connectivity index (χ2v) is 6.60. The number of pyridine rings is 1. The van der Waals surface area contributed by atoms with Crippen LogP contribution in [0.5, 0.6) is 0 Å². The average Bonchev–Trinajstić information content (AvgIpc) is 3.03. The maximum Gasteiger partial charge on any atom is 0.416 e. The molecule has 5 heteroatoms. The second-order valence-electron chi connectivity index (χ2n) is 6.60. The van der Waals surface area contributed by atoms with Crippen molar-refractivity contribution in [2.75, 3.05) is 6.61 Å². The molecule has 5 nitrogen and oxygen atoms in total. The monoisotopic (exact) mass is 338 g/mol. The molecule has 2 aromatic rings. The number of benzene rings is 1. The summed E-state index contributed by atoms with van der Waals surface area (Å²) in [6.07, 6.45) is 3.12. The average molecular weight is 338 g/mol. The Balaban J connectivity index is 1.88.